The number of Topliss-reactive ketones (excluding diaryl/α,β-unsaturated/α-hetero) is 1. The van der Waals surface area contributed by atoms with Gasteiger partial charge in [-0.1, -0.05) is 42.5 Å². The number of primary amides is 1. The van der Waals surface area contributed by atoms with Gasteiger partial charge in [0.2, 0.25) is 11.8 Å². The summed E-state index contributed by atoms with van der Waals surface area (Å²) in [6.07, 6.45) is -0.235. The van der Waals surface area contributed by atoms with Gasteiger partial charge in [0.25, 0.3) is 5.91 Å². The van der Waals surface area contributed by atoms with Gasteiger partial charge in [-0.15, -0.1) is 0 Å². The molecule has 1 saturated heterocycles. The molecule has 3 aromatic carbocycles. The average Bonchev–Trinajstić information content (AvgIpc) is 3.74. The van der Waals surface area contributed by atoms with Crippen LogP contribution in [-0.2, 0) is 32.2 Å². The first-order valence-electron chi connectivity index (χ1n) is 16.3. The molecule has 14 heteroatoms. The molecule has 51 heavy (non-hydrogen) atoms. The molecule has 1 aliphatic heterocycles. The highest BCUT2D eigenvalue weighted by Gasteiger charge is 2.40. The van der Waals surface area contributed by atoms with Crippen molar-refractivity contribution in [1.29, 1.82) is 0 Å². The zero-order chi connectivity index (χ0) is 36.8. The maximum atomic E-state index is 16.1. The number of para-hydroxylation sites is 1. The van der Waals surface area contributed by atoms with Crippen LogP contribution >= 0.6 is 0 Å². The molecular formula is C37H36F2N6O6. The molecule has 12 nitrogen and oxygen atoms in total. The fraction of sp³-hybridized carbons (Fsp3) is 0.297. The van der Waals surface area contributed by atoms with Crippen LogP contribution in [0.1, 0.15) is 55.0 Å². The molecule has 2 atom stereocenters. The van der Waals surface area contributed by atoms with Gasteiger partial charge in [-0.3, -0.25) is 28.7 Å². The monoisotopic (exact) mass is 698 g/mol. The summed E-state index contributed by atoms with van der Waals surface area (Å²) >= 11 is 0. The molecule has 2 aromatic heterocycles. The van der Waals surface area contributed by atoms with Crippen LogP contribution in [0.2, 0.25) is 0 Å². The van der Waals surface area contributed by atoms with E-state index in [0.717, 1.165) is 4.90 Å². The Morgan fingerprint density at radius 1 is 0.980 bits per heavy atom. The number of nitrogens with zero attached hydrogens (tertiary/aromatic N) is 4. The van der Waals surface area contributed by atoms with E-state index >= 15 is 4.39 Å². The number of ketones is 1. The lowest BCUT2D eigenvalue weighted by molar-refractivity contribution is -0.155. The van der Waals surface area contributed by atoms with Crippen LogP contribution in [0.15, 0.2) is 66.9 Å². The van der Waals surface area contributed by atoms with Gasteiger partial charge in [0.15, 0.2) is 17.3 Å². The molecule has 0 bridgehead atoms. The third-order valence-corrected chi connectivity index (χ3v) is 8.60. The summed E-state index contributed by atoms with van der Waals surface area (Å²) in [6, 6.07) is 14.8. The van der Waals surface area contributed by atoms with Gasteiger partial charge in [0.1, 0.15) is 30.9 Å². The van der Waals surface area contributed by atoms with Crippen LogP contribution in [0.5, 0.6) is 0 Å². The smallest absolute Gasteiger partial charge is 0.326 e. The Kier molecular flexibility index (Phi) is 9.19. The molecule has 1 aliphatic rings. The van der Waals surface area contributed by atoms with E-state index < -0.39 is 53.9 Å². The minimum Gasteiger partial charge on any atom is -0.459 e. The number of rotatable bonds is 9. The highest BCUT2D eigenvalue weighted by Crippen LogP contribution is 2.33. The Labute approximate surface area is 291 Å². The second-order valence-corrected chi connectivity index (χ2v) is 13.5. The average molecular weight is 699 g/mol. The standard InChI is InChI=1S/C37H36F2N6O6/c1-20(46)26-17-43(19-32(48)51-37(2,3)4)29-14-21(12-13-24(26)29)23-9-7-10-27(33(23)39)41-36(50)30-15-22(38)16-44(30)31(47)18-45-28-11-6-5-8-25(28)34(42-45)35(40)49/h5-14,17,22,30H,15-16,18-19H2,1-4H3,(H2,40,49)(H,41,50)/t22-,30+/m1/s1. The zero-order valence-corrected chi connectivity index (χ0v) is 28.4. The van der Waals surface area contributed by atoms with Crippen LogP contribution in [0, 0.1) is 5.82 Å². The first kappa shape index (κ1) is 34.9. The molecule has 0 saturated carbocycles. The lowest BCUT2D eigenvalue weighted by Crippen LogP contribution is -2.44. The van der Waals surface area contributed by atoms with E-state index in [2.05, 4.69) is 10.4 Å². The van der Waals surface area contributed by atoms with Gasteiger partial charge in [-0.25, -0.2) is 8.78 Å². The number of benzene rings is 3. The second-order valence-electron chi connectivity index (χ2n) is 13.5. The van der Waals surface area contributed by atoms with Crippen LogP contribution in [-0.4, -0.2) is 73.1 Å². The number of anilines is 1. The van der Waals surface area contributed by atoms with E-state index in [1.54, 1.807) is 74.0 Å². The largest absolute Gasteiger partial charge is 0.459 e. The molecule has 5 aromatic rings. The van der Waals surface area contributed by atoms with Crippen molar-refractivity contribution in [1.82, 2.24) is 19.2 Å². The van der Waals surface area contributed by atoms with Crippen molar-refractivity contribution in [3.63, 3.8) is 0 Å². The number of ether oxygens (including phenoxy) is 1. The van der Waals surface area contributed by atoms with Crippen LogP contribution in [0.25, 0.3) is 32.9 Å². The van der Waals surface area contributed by atoms with Gasteiger partial charge in [0.05, 0.1) is 17.7 Å². The Morgan fingerprint density at radius 3 is 2.43 bits per heavy atom. The third kappa shape index (κ3) is 7.07. The Morgan fingerprint density at radius 2 is 1.73 bits per heavy atom. The summed E-state index contributed by atoms with van der Waals surface area (Å²) in [5.74, 6) is -3.69. The number of amides is 3. The number of nitrogens with one attached hydrogen (secondary N) is 1. The Bertz CT molecular complexity index is 2240. The zero-order valence-electron chi connectivity index (χ0n) is 28.4. The number of halogens is 2. The number of carbonyl (C=O) groups excluding carboxylic acids is 5. The quantitative estimate of drug-likeness (QED) is 0.162. The third-order valence-electron chi connectivity index (χ3n) is 8.60. The van der Waals surface area contributed by atoms with Gasteiger partial charge in [-0.2, -0.15) is 5.10 Å². The molecule has 1 fully saturated rings. The predicted octanol–water partition coefficient (Wildman–Crippen LogP) is 5.02. The van der Waals surface area contributed by atoms with Crippen molar-refractivity contribution in [2.45, 2.75) is 65.0 Å². The van der Waals surface area contributed by atoms with Gasteiger partial charge in [0, 0.05) is 40.0 Å². The van der Waals surface area contributed by atoms with Gasteiger partial charge < -0.3 is 25.3 Å². The number of hydrogen-bond acceptors (Lipinski definition) is 7. The summed E-state index contributed by atoms with van der Waals surface area (Å²) in [5, 5.41) is 7.72. The van der Waals surface area contributed by atoms with Crippen molar-refractivity contribution in [2.24, 2.45) is 5.73 Å². The van der Waals surface area contributed by atoms with Crippen molar-refractivity contribution < 1.29 is 37.5 Å². The van der Waals surface area contributed by atoms with Crippen molar-refractivity contribution in [3.8, 4) is 11.1 Å². The molecule has 0 spiro atoms. The molecule has 0 aliphatic carbocycles. The van der Waals surface area contributed by atoms with Crippen molar-refractivity contribution >= 4 is 57.0 Å². The van der Waals surface area contributed by atoms with E-state index in [4.69, 9.17) is 10.5 Å². The number of alkyl halides is 1. The lowest BCUT2D eigenvalue weighted by atomic mass is 10.0. The first-order valence-corrected chi connectivity index (χ1v) is 16.3. The number of aromatic nitrogens is 3. The Hall–Kier alpha value is -5.92. The maximum Gasteiger partial charge on any atom is 0.326 e. The molecule has 0 unspecified atom stereocenters. The normalized spacial score (nSPS) is 16.1. The summed E-state index contributed by atoms with van der Waals surface area (Å²) in [5.41, 5.74) is 6.39. The number of carbonyl (C=O) groups is 5. The molecule has 6 rings (SSSR count). The van der Waals surface area contributed by atoms with E-state index in [9.17, 15) is 28.4 Å². The number of likely N-dealkylation sites (tertiary alicyclic amines) is 1. The SMILES string of the molecule is CC(=O)c1cn(CC(=O)OC(C)(C)C)c2cc(-c3cccc(NC(=O)[C@@H]4C[C@@H](F)CN4C(=O)Cn4nc(C(N)=O)c5ccccc54)c3F)ccc12. The minimum atomic E-state index is -1.50. The summed E-state index contributed by atoms with van der Waals surface area (Å²) in [4.78, 5) is 65.1. The summed E-state index contributed by atoms with van der Waals surface area (Å²) in [7, 11) is 0. The van der Waals surface area contributed by atoms with Crippen LogP contribution in [0.4, 0.5) is 14.5 Å². The maximum absolute atomic E-state index is 16.1. The highest BCUT2D eigenvalue weighted by atomic mass is 19.1. The van der Waals surface area contributed by atoms with E-state index in [1.165, 1.54) is 29.8 Å². The minimum absolute atomic E-state index is 0.0254. The summed E-state index contributed by atoms with van der Waals surface area (Å²) in [6.45, 7) is 5.72. The Balaban J connectivity index is 1.25. The van der Waals surface area contributed by atoms with Crippen LogP contribution in [0.3, 0.4) is 0 Å². The van der Waals surface area contributed by atoms with E-state index in [0.29, 0.717) is 32.9 Å². The lowest BCUT2D eigenvalue weighted by Gasteiger charge is -2.24. The molecule has 3 heterocycles. The fourth-order valence-electron chi connectivity index (χ4n) is 6.41. The number of hydrogen-bond donors (Lipinski definition) is 2. The van der Waals surface area contributed by atoms with Crippen molar-refractivity contribution in [3.05, 3.63) is 83.9 Å². The van der Waals surface area contributed by atoms with Gasteiger partial charge in [-0.05, 0) is 51.5 Å². The number of esters is 1. The first-order chi connectivity index (χ1) is 24.1. The van der Waals surface area contributed by atoms with Crippen molar-refractivity contribution in [2.75, 3.05) is 11.9 Å². The molecule has 0 radical (unpaired) electrons. The topological polar surface area (TPSA) is 159 Å². The van der Waals surface area contributed by atoms with Crippen LogP contribution < -0.4 is 11.1 Å². The fourth-order valence-corrected chi connectivity index (χ4v) is 6.41. The molecular weight excluding hydrogens is 662 g/mol. The molecule has 3 amide bonds. The van der Waals surface area contributed by atoms with Gasteiger partial charge >= 0.3 is 5.97 Å². The highest BCUT2D eigenvalue weighted by molar-refractivity contribution is 6.08. The predicted molar refractivity (Wildman–Crippen MR) is 185 cm³/mol. The van der Waals surface area contributed by atoms with E-state index in [1.807, 2.05) is 0 Å². The number of nitrogens with two attached hydrogens (primary N) is 1. The molecule has 264 valence electrons. The summed E-state index contributed by atoms with van der Waals surface area (Å²) < 4.78 is 39.2. The number of fused-ring (bicyclic) bond motifs is 2. The van der Waals surface area contributed by atoms with E-state index in [-0.39, 0.29) is 42.2 Å². The molecule has 3 N–H and O–H groups in total. The second kappa shape index (κ2) is 13.4.